The van der Waals surface area contributed by atoms with E-state index in [2.05, 4.69) is 15.0 Å². The third kappa shape index (κ3) is 4.64. The number of likely N-dealkylation sites (N-methyl/N-ethyl adjacent to an activating group) is 1. The predicted molar refractivity (Wildman–Crippen MR) is 122 cm³/mol. The zero-order valence-corrected chi connectivity index (χ0v) is 18.3. The molecule has 0 aliphatic carbocycles. The van der Waals surface area contributed by atoms with E-state index in [1.807, 2.05) is 55.4 Å². The molecule has 0 saturated carbocycles. The van der Waals surface area contributed by atoms with E-state index in [0.29, 0.717) is 34.5 Å². The van der Waals surface area contributed by atoms with Gasteiger partial charge in [0.2, 0.25) is 0 Å². The van der Waals surface area contributed by atoms with E-state index in [-0.39, 0.29) is 18.3 Å². The summed E-state index contributed by atoms with van der Waals surface area (Å²) in [4.78, 5) is 30.5. The Morgan fingerprint density at radius 1 is 1.03 bits per heavy atom. The molecule has 0 fully saturated rings. The highest BCUT2D eigenvalue weighted by Crippen LogP contribution is 2.31. The lowest BCUT2D eigenvalue weighted by molar-refractivity contribution is 0.0980. The summed E-state index contributed by atoms with van der Waals surface area (Å²) in [6.07, 6.45) is 1.53. The van der Waals surface area contributed by atoms with Crippen LogP contribution in [0.15, 0.2) is 48.7 Å². The van der Waals surface area contributed by atoms with Crippen molar-refractivity contribution in [3.8, 4) is 0 Å². The molecule has 0 N–H and O–H groups in total. The molecule has 2 heterocycles. The largest absolute Gasteiger partial charge is 0.308 e. The highest BCUT2D eigenvalue weighted by atomic mass is 35.5. The Hall–Kier alpha value is -2.32. The van der Waals surface area contributed by atoms with Gasteiger partial charge in [-0.3, -0.25) is 14.7 Å². The molecule has 0 bridgehead atoms. The van der Waals surface area contributed by atoms with Crippen LogP contribution in [0.4, 0.5) is 5.13 Å². The number of amides is 1. The number of carbonyl (C=O) groups is 1. The minimum absolute atomic E-state index is 0. The summed E-state index contributed by atoms with van der Waals surface area (Å²) in [5.41, 5.74) is 2.57. The van der Waals surface area contributed by atoms with Crippen molar-refractivity contribution in [1.29, 1.82) is 0 Å². The van der Waals surface area contributed by atoms with E-state index in [1.165, 1.54) is 17.5 Å². The van der Waals surface area contributed by atoms with Crippen LogP contribution in [0.3, 0.4) is 0 Å². The summed E-state index contributed by atoms with van der Waals surface area (Å²) in [6, 6.07) is 13.0. The molecule has 150 valence electrons. The molecule has 1 amide bonds. The first kappa shape index (κ1) is 21.4. The maximum absolute atomic E-state index is 13.3. The molecule has 0 atom stereocenters. The quantitative estimate of drug-likeness (QED) is 0.449. The molecule has 4 aromatic rings. The number of para-hydroxylation sites is 2. The molecule has 0 spiro atoms. The second kappa shape index (κ2) is 9.00. The Balaban J connectivity index is 0.00000240. The van der Waals surface area contributed by atoms with Crippen LogP contribution in [0, 0.1) is 0 Å². The third-order valence-electron chi connectivity index (χ3n) is 4.25. The first-order valence-corrected chi connectivity index (χ1v) is 9.95. The summed E-state index contributed by atoms with van der Waals surface area (Å²) in [5, 5.41) is 1.27. The predicted octanol–water partition coefficient (Wildman–Crippen LogP) is 4.52. The summed E-state index contributed by atoms with van der Waals surface area (Å²) in [5.74, 6) is -0.217. The number of rotatable bonds is 5. The minimum atomic E-state index is -0.217. The molecule has 29 heavy (non-hydrogen) atoms. The monoisotopic (exact) mass is 447 g/mol. The van der Waals surface area contributed by atoms with Crippen LogP contribution in [0.2, 0.25) is 5.02 Å². The van der Waals surface area contributed by atoms with Crippen molar-refractivity contribution in [3.05, 3.63) is 59.4 Å². The molecule has 0 aliphatic heterocycles. The number of halogens is 2. The van der Waals surface area contributed by atoms with E-state index < -0.39 is 0 Å². The van der Waals surface area contributed by atoms with Crippen molar-refractivity contribution in [3.63, 3.8) is 0 Å². The number of thiazole rings is 1. The van der Waals surface area contributed by atoms with Crippen molar-refractivity contribution in [2.75, 3.05) is 32.1 Å². The normalized spacial score (nSPS) is 11.0. The number of hydrogen-bond donors (Lipinski definition) is 0. The van der Waals surface area contributed by atoms with Gasteiger partial charge in [-0.15, -0.1) is 12.4 Å². The van der Waals surface area contributed by atoms with E-state index in [0.717, 1.165) is 15.7 Å². The topological polar surface area (TPSA) is 62.2 Å². The van der Waals surface area contributed by atoms with Gasteiger partial charge in [0.25, 0.3) is 5.91 Å². The average molecular weight is 448 g/mol. The fraction of sp³-hybridized carbons (Fsp3) is 0.200. The van der Waals surface area contributed by atoms with E-state index in [1.54, 1.807) is 11.0 Å². The van der Waals surface area contributed by atoms with Crippen LogP contribution in [0.5, 0.6) is 0 Å². The Labute approximate surface area is 183 Å². The van der Waals surface area contributed by atoms with Gasteiger partial charge in [0.15, 0.2) is 5.13 Å². The SMILES string of the molecule is CN(C)CCN(C(=O)c1cnc2ccccc2n1)c1nc2ccc(Cl)cc2s1.Cl. The number of anilines is 1. The first-order chi connectivity index (χ1) is 13.5. The molecule has 2 aromatic heterocycles. The van der Waals surface area contributed by atoms with Gasteiger partial charge in [-0.05, 0) is 44.4 Å². The summed E-state index contributed by atoms with van der Waals surface area (Å²) >= 11 is 7.54. The van der Waals surface area contributed by atoms with Crippen LogP contribution in [-0.2, 0) is 0 Å². The molecule has 2 aromatic carbocycles. The van der Waals surface area contributed by atoms with Gasteiger partial charge >= 0.3 is 0 Å². The van der Waals surface area contributed by atoms with Crippen molar-refractivity contribution < 1.29 is 4.79 Å². The van der Waals surface area contributed by atoms with Crippen LogP contribution in [-0.4, -0.2) is 52.9 Å². The molecular formula is C20H19Cl2N5OS. The maximum atomic E-state index is 13.3. The molecule has 0 saturated heterocycles. The summed E-state index contributed by atoms with van der Waals surface area (Å²) < 4.78 is 0.940. The Morgan fingerprint density at radius 3 is 2.55 bits per heavy atom. The number of hydrogen-bond acceptors (Lipinski definition) is 6. The molecule has 6 nitrogen and oxygen atoms in total. The second-order valence-corrected chi connectivity index (χ2v) is 8.06. The fourth-order valence-electron chi connectivity index (χ4n) is 2.78. The van der Waals surface area contributed by atoms with Gasteiger partial charge in [-0.1, -0.05) is 35.1 Å². The lowest BCUT2D eigenvalue weighted by Crippen LogP contribution is -2.37. The Bertz CT molecular complexity index is 1160. The first-order valence-electron chi connectivity index (χ1n) is 8.76. The Morgan fingerprint density at radius 2 is 1.79 bits per heavy atom. The second-order valence-electron chi connectivity index (χ2n) is 6.61. The van der Waals surface area contributed by atoms with Crippen LogP contribution >= 0.6 is 35.3 Å². The van der Waals surface area contributed by atoms with Gasteiger partial charge in [-0.2, -0.15) is 0 Å². The third-order valence-corrected chi connectivity index (χ3v) is 5.53. The highest BCUT2D eigenvalue weighted by Gasteiger charge is 2.23. The van der Waals surface area contributed by atoms with Crippen molar-refractivity contribution in [1.82, 2.24) is 19.9 Å². The number of aromatic nitrogens is 3. The van der Waals surface area contributed by atoms with E-state index in [9.17, 15) is 4.79 Å². The zero-order valence-electron chi connectivity index (χ0n) is 15.9. The standard InChI is InChI=1S/C20H18ClN5OS.ClH/c1-25(2)9-10-26(20-24-16-8-7-13(21)11-18(16)28-20)19(27)17-12-22-14-5-3-4-6-15(14)23-17;/h3-8,11-12H,9-10H2,1-2H3;1H. The van der Waals surface area contributed by atoms with Crippen LogP contribution in [0.25, 0.3) is 21.3 Å². The van der Waals surface area contributed by atoms with Gasteiger partial charge in [0.05, 0.1) is 27.4 Å². The number of nitrogens with zero attached hydrogens (tertiary/aromatic N) is 5. The van der Waals surface area contributed by atoms with Crippen molar-refractivity contribution in [2.45, 2.75) is 0 Å². The molecule has 0 radical (unpaired) electrons. The lowest BCUT2D eigenvalue weighted by Gasteiger charge is -2.21. The Kier molecular flexibility index (Phi) is 6.64. The fourth-order valence-corrected chi connectivity index (χ4v) is 4.05. The van der Waals surface area contributed by atoms with Crippen molar-refractivity contribution in [2.24, 2.45) is 0 Å². The van der Waals surface area contributed by atoms with E-state index in [4.69, 9.17) is 11.6 Å². The van der Waals surface area contributed by atoms with Crippen molar-refractivity contribution >= 4 is 67.6 Å². The van der Waals surface area contributed by atoms with Crippen LogP contribution < -0.4 is 4.90 Å². The average Bonchev–Trinajstić information content (AvgIpc) is 3.10. The smallest absolute Gasteiger partial charge is 0.280 e. The summed E-state index contributed by atoms with van der Waals surface area (Å²) in [6.45, 7) is 1.19. The molecular weight excluding hydrogens is 429 g/mol. The molecule has 9 heteroatoms. The summed E-state index contributed by atoms with van der Waals surface area (Å²) in [7, 11) is 3.94. The number of fused-ring (bicyclic) bond motifs is 2. The van der Waals surface area contributed by atoms with Gasteiger partial charge in [-0.25, -0.2) is 9.97 Å². The molecule has 4 rings (SSSR count). The number of benzene rings is 2. The lowest BCUT2D eigenvalue weighted by atomic mass is 10.3. The van der Waals surface area contributed by atoms with Gasteiger partial charge < -0.3 is 4.90 Å². The minimum Gasteiger partial charge on any atom is -0.308 e. The highest BCUT2D eigenvalue weighted by molar-refractivity contribution is 7.22. The van der Waals surface area contributed by atoms with Crippen LogP contribution in [0.1, 0.15) is 10.5 Å². The maximum Gasteiger partial charge on any atom is 0.280 e. The van der Waals surface area contributed by atoms with Gasteiger partial charge in [0.1, 0.15) is 5.69 Å². The van der Waals surface area contributed by atoms with Gasteiger partial charge in [0, 0.05) is 18.1 Å². The molecule has 0 aliphatic rings. The zero-order chi connectivity index (χ0) is 19.7. The number of carbonyl (C=O) groups excluding carboxylic acids is 1. The molecule has 0 unspecified atom stereocenters. The van der Waals surface area contributed by atoms with E-state index >= 15 is 0 Å².